The second-order valence-electron chi connectivity index (χ2n) is 2.61. The average molecular weight is 251 g/mol. The van der Waals surface area contributed by atoms with Gasteiger partial charge >= 0.3 is 0 Å². The van der Waals surface area contributed by atoms with E-state index < -0.39 is 17.7 Å². The van der Waals surface area contributed by atoms with Crippen LogP contribution in [-0.2, 0) is 0 Å². The Hall–Kier alpha value is -0.520. The normalized spacial score (nSPS) is 13.0. The Labute approximate surface area is 83.0 Å². The Morgan fingerprint density at radius 2 is 2.00 bits per heavy atom. The first-order valence-electron chi connectivity index (χ1n) is 3.67. The maximum absolute atomic E-state index is 13.0. The molecule has 1 atom stereocenters. The Kier molecular flexibility index (Phi) is 3.35. The zero-order valence-corrected chi connectivity index (χ0v) is 8.31. The van der Waals surface area contributed by atoms with E-state index in [0.29, 0.717) is 5.56 Å². The van der Waals surface area contributed by atoms with Crippen LogP contribution in [0, 0.1) is 11.6 Å². The molecule has 0 bridgehead atoms. The first-order chi connectivity index (χ1) is 6.07. The second-order valence-corrected chi connectivity index (χ2v) is 3.40. The van der Waals surface area contributed by atoms with Gasteiger partial charge in [-0.2, -0.15) is 0 Å². The highest BCUT2D eigenvalue weighted by atomic mass is 79.9. The summed E-state index contributed by atoms with van der Waals surface area (Å²) in [5, 5.41) is 0. The molecule has 2 nitrogen and oxygen atoms in total. The standard InChI is InChI=1S/C8H9BrF2N2/c9-7-4(6(13)3-12)1-2-5(10)8(7)11/h1-2,6H,3,12-13H2/t6-/m0/s1. The summed E-state index contributed by atoms with van der Waals surface area (Å²) in [7, 11) is 0. The minimum Gasteiger partial charge on any atom is -0.329 e. The molecule has 0 aliphatic carbocycles. The van der Waals surface area contributed by atoms with Crippen molar-refractivity contribution in [2.75, 3.05) is 6.54 Å². The van der Waals surface area contributed by atoms with Gasteiger partial charge in [0.2, 0.25) is 0 Å². The number of halogens is 3. The summed E-state index contributed by atoms with van der Waals surface area (Å²) in [5.41, 5.74) is 11.3. The molecule has 4 N–H and O–H groups in total. The molecule has 0 saturated carbocycles. The molecule has 5 heteroatoms. The summed E-state index contributed by atoms with van der Waals surface area (Å²) in [5.74, 6) is -1.83. The van der Waals surface area contributed by atoms with Crippen molar-refractivity contribution in [3.8, 4) is 0 Å². The third-order valence-corrected chi connectivity index (χ3v) is 2.52. The number of hydrogen-bond acceptors (Lipinski definition) is 2. The van der Waals surface area contributed by atoms with Crippen molar-refractivity contribution in [3.63, 3.8) is 0 Å². The lowest BCUT2D eigenvalue weighted by atomic mass is 10.1. The molecule has 1 aromatic carbocycles. The molecule has 0 saturated heterocycles. The van der Waals surface area contributed by atoms with Gasteiger partial charge in [0.05, 0.1) is 4.47 Å². The highest BCUT2D eigenvalue weighted by molar-refractivity contribution is 9.10. The molecule has 0 aliphatic rings. The SMILES string of the molecule is NC[C@H](N)c1ccc(F)c(F)c1Br. The van der Waals surface area contributed by atoms with Crippen molar-refractivity contribution < 1.29 is 8.78 Å². The van der Waals surface area contributed by atoms with E-state index in [1.807, 2.05) is 0 Å². The van der Waals surface area contributed by atoms with Crippen LogP contribution in [0.15, 0.2) is 16.6 Å². The van der Waals surface area contributed by atoms with E-state index in [0.717, 1.165) is 6.07 Å². The van der Waals surface area contributed by atoms with Gasteiger partial charge in [0.25, 0.3) is 0 Å². The summed E-state index contributed by atoms with van der Waals surface area (Å²) in [6.45, 7) is 0.184. The highest BCUT2D eigenvalue weighted by Crippen LogP contribution is 2.26. The molecule has 0 aromatic heterocycles. The fourth-order valence-corrected chi connectivity index (χ4v) is 1.57. The van der Waals surface area contributed by atoms with Gasteiger partial charge in [-0.05, 0) is 27.6 Å². The molecular formula is C8H9BrF2N2. The molecule has 0 spiro atoms. The Balaban J connectivity index is 3.18. The van der Waals surface area contributed by atoms with Crippen LogP contribution in [0.1, 0.15) is 11.6 Å². The molecule has 13 heavy (non-hydrogen) atoms. The predicted molar refractivity (Wildman–Crippen MR) is 50.0 cm³/mol. The van der Waals surface area contributed by atoms with Crippen LogP contribution in [0.3, 0.4) is 0 Å². The molecule has 0 amide bonds. The van der Waals surface area contributed by atoms with E-state index in [1.54, 1.807) is 0 Å². The molecule has 0 heterocycles. The van der Waals surface area contributed by atoms with Crippen molar-refractivity contribution in [2.45, 2.75) is 6.04 Å². The monoisotopic (exact) mass is 250 g/mol. The zero-order chi connectivity index (χ0) is 10.0. The lowest BCUT2D eigenvalue weighted by Crippen LogP contribution is -2.21. The van der Waals surface area contributed by atoms with E-state index in [4.69, 9.17) is 11.5 Å². The van der Waals surface area contributed by atoms with E-state index >= 15 is 0 Å². The molecule has 0 radical (unpaired) electrons. The summed E-state index contributed by atoms with van der Waals surface area (Å²) in [6, 6.07) is 1.97. The van der Waals surface area contributed by atoms with Crippen LogP contribution in [0.2, 0.25) is 0 Å². The third kappa shape index (κ3) is 2.04. The van der Waals surface area contributed by atoms with Gasteiger partial charge in [0.15, 0.2) is 11.6 Å². The molecule has 0 fully saturated rings. The van der Waals surface area contributed by atoms with E-state index in [1.165, 1.54) is 6.07 Å². The molecule has 0 unspecified atom stereocenters. The van der Waals surface area contributed by atoms with E-state index in [9.17, 15) is 8.78 Å². The first-order valence-corrected chi connectivity index (χ1v) is 4.46. The number of nitrogens with two attached hydrogens (primary N) is 2. The van der Waals surface area contributed by atoms with E-state index in [-0.39, 0.29) is 11.0 Å². The third-order valence-electron chi connectivity index (χ3n) is 1.72. The topological polar surface area (TPSA) is 52.0 Å². The quantitative estimate of drug-likeness (QED) is 0.786. The molecular weight excluding hydrogens is 242 g/mol. The van der Waals surface area contributed by atoms with Gasteiger partial charge in [-0.25, -0.2) is 8.78 Å². The summed E-state index contributed by atoms with van der Waals surface area (Å²) in [4.78, 5) is 0. The van der Waals surface area contributed by atoms with Crippen molar-refractivity contribution in [3.05, 3.63) is 33.8 Å². The van der Waals surface area contributed by atoms with Crippen molar-refractivity contribution >= 4 is 15.9 Å². The summed E-state index contributed by atoms with van der Waals surface area (Å²) >= 11 is 2.92. The van der Waals surface area contributed by atoms with Crippen molar-refractivity contribution in [1.29, 1.82) is 0 Å². The van der Waals surface area contributed by atoms with Gasteiger partial charge < -0.3 is 11.5 Å². The largest absolute Gasteiger partial charge is 0.329 e. The highest BCUT2D eigenvalue weighted by Gasteiger charge is 2.14. The maximum Gasteiger partial charge on any atom is 0.173 e. The lowest BCUT2D eigenvalue weighted by Gasteiger charge is -2.11. The fourth-order valence-electron chi connectivity index (χ4n) is 0.954. The number of hydrogen-bond donors (Lipinski definition) is 2. The Bertz CT molecular complexity index is 317. The van der Waals surface area contributed by atoms with Crippen LogP contribution in [0.4, 0.5) is 8.78 Å². The predicted octanol–water partition coefficient (Wildman–Crippen LogP) is 1.69. The minimum atomic E-state index is -0.929. The van der Waals surface area contributed by atoms with E-state index in [2.05, 4.69) is 15.9 Å². The maximum atomic E-state index is 13.0. The van der Waals surface area contributed by atoms with Gasteiger partial charge in [-0.15, -0.1) is 0 Å². The number of rotatable bonds is 2. The van der Waals surface area contributed by atoms with Gasteiger partial charge in [-0.3, -0.25) is 0 Å². The molecule has 0 aliphatic heterocycles. The summed E-state index contributed by atoms with van der Waals surface area (Å²) < 4.78 is 25.7. The number of benzene rings is 1. The minimum absolute atomic E-state index is 0.0467. The van der Waals surface area contributed by atoms with Gasteiger partial charge in [0.1, 0.15) is 0 Å². The van der Waals surface area contributed by atoms with Crippen molar-refractivity contribution in [2.24, 2.45) is 11.5 Å². The Morgan fingerprint density at radius 1 is 1.38 bits per heavy atom. The second kappa shape index (κ2) is 4.13. The molecule has 1 rings (SSSR count). The zero-order valence-electron chi connectivity index (χ0n) is 6.73. The average Bonchev–Trinajstić information content (AvgIpc) is 2.13. The summed E-state index contributed by atoms with van der Waals surface area (Å²) in [6.07, 6.45) is 0. The fraction of sp³-hybridized carbons (Fsp3) is 0.250. The Morgan fingerprint density at radius 3 is 2.54 bits per heavy atom. The van der Waals surface area contributed by atoms with Crippen LogP contribution in [-0.4, -0.2) is 6.54 Å². The van der Waals surface area contributed by atoms with Crippen LogP contribution in [0.5, 0.6) is 0 Å². The molecule has 72 valence electrons. The van der Waals surface area contributed by atoms with Gasteiger partial charge in [0, 0.05) is 12.6 Å². The van der Waals surface area contributed by atoms with Crippen LogP contribution >= 0.6 is 15.9 Å². The first kappa shape index (κ1) is 10.6. The lowest BCUT2D eigenvalue weighted by molar-refractivity contribution is 0.500. The van der Waals surface area contributed by atoms with Crippen LogP contribution in [0.25, 0.3) is 0 Å². The molecule has 1 aromatic rings. The smallest absolute Gasteiger partial charge is 0.173 e. The van der Waals surface area contributed by atoms with Gasteiger partial charge in [-0.1, -0.05) is 6.07 Å². The van der Waals surface area contributed by atoms with Crippen LogP contribution < -0.4 is 11.5 Å². The van der Waals surface area contributed by atoms with Crippen molar-refractivity contribution in [1.82, 2.24) is 0 Å².